The van der Waals surface area contributed by atoms with Gasteiger partial charge in [-0.3, -0.25) is 4.57 Å². The van der Waals surface area contributed by atoms with E-state index >= 15 is 0 Å². The Morgan fingerprint density at radius 1 is 1.48 bits per heavy atom. The highest BCUT2D eigenvalue weighted by molar-refractivity contribution is 9.10. The highest BCUT2D eigenvalue weighted by Crippen LogP contribution is 2.31. The van der Waals surface area contributed by atoms with Gasteiger partial charge >= 0.3 is 0 Å². The number of nitrogens with zero attached hydrogens (tertiary/aromatic N) is 2. The summed E-state index contributed by atoms with van der Waals surface area (Å²) >= 11 is 9.47. The average molecular weight is 377 g/mol. The number of benzene rings is 1. The molecular weight excluding hydrogens is 361 g/mol. The van der Waals surface area contributed by atoms with Crippen LogP contribution in [0, 0.1) is 5.82 Å². The molecule has 0 unspecified atom stereocenters. The van der Waals surface area contributed by atoms with E-state index in [9.17, 15) is 4.39 Å². The molecule has 1 heterocycles. The van der Waals surface area contributed by atoms with Crippen LogP contribution in [-0.4, -0.2) is 29.3 Å². The zero-order chi connectivity index (χ0) is 15.2. The molecule has 1 aromatic heterocycles. The molecule has 0 spiro atoms. The summed E-state index contributed by atoms with van der Waals surface area (Å²) in [7, 11) is 0. The second kappa shape index (κ2) is 7.77. The first-order valence-electron chi connectivity index (χ1n) is 6.63. The summed E-state index contributed by atoms with van der Waals surface area (Å²) in [4.78, 5) is 4.25. The summed E-state index contributed by atoms with van der Waals surface area (Å²) in [6, 6.07) is 2.65. The smallest absolute Gasteiger partial charge is 0.207 e. The van der Waals surface area contributed by atoms with Gasteiger partial charge in [-0.15, -0.1) is 0 Å². The molecule has 4 nitrogen and oxygen atoms in total. The number of nitrogens with one attached hydrogen (secondary N) is 1. The van der Waals surface area contributed by atoms with Crippen molar-refractivity contribution >= 4 is 33.5 Å². The standard InChI is InChI=1S/C14H16BrClFN3O/c1-2-21-7-3-4-18-14-19-5-6-20(14)13-11(15)8-10(17)9-12(13)16/h5-6,8-9H,2-4,7H2,1H3,(H,18,19). The molecule has 0 bridgehead atoms. The maximum atomic E-state index is 13.3. The lowest BCUT2D eigenvalue weighted by molar-refractivity contribution is 0.147. The van der Waals surface area contributed by atoms with Crippen LogP contribution in [0.5, 0.6) is 0 Å². The predicted octanol–water partition coefficient (Wildman–Crippen LogP) is 4.27. The van der Waals surface area contributed by atoms with Crippen LogP contribution in [0.15, 0.2) is 29.0 Å². The van der Waals surface area contributed by atoms with Crippen LogP contribution in [-0.2, 0) is 4.74 Å². The first kappa shape index (κ1) is 16.3. The Morgan fingerprint density at radius 2 is 2.29 bits per heavy atom. The molecule has 1 aromatic carbocycles. The number of imidazole rings is 1. The number of halogens is 3. The highest BCUT2D eigenvalue weighted by atomic mass is 79.9. The molecule has 0 saturated carbocycles. The molecule has 7 heteroatoms. The Hall–Kier alpha value is -1.11. The van der Waals surface area contributed by atoms with E-state index in [1.165, 1.54) is 12.1 Å². The fourth-order valence-electron chi connectivity index (χ4n) is 1.90. The lowest BCUT2D eigenvalue weighted by Crippen LogP contribution is -2.10. The maximum Gasteiger partial charge on any atom is 0.207 e. The van der Waals surface area contributed by atoms with Crippen LogP contribution in [0.4, 0.5) is 10.3 Å². The SMILES string of the molecule is CCOCCCNc1nccn1-c1c(Cl)cc(F)cc1Br. The number of hydrogen-bond acceptors (Lipinski definition) is 3. The Morgan fingerprint density at radius 3 is 3.00 bits per heavy atom. The van der Waals surface area contributed by atoms with Crippen LogP contribution in [0.3, 0.4) is 0 Å². The summed E-state index contributed by atoms with van der Waals surface area (Å²) in [5.74, 6) is 0.266. The van der Waals surface area contributed by atoms with Crippen LogP contribution >= 0.6 is 27.5 Å². The zero-order valence-corrected chi connectivity index (χ0v) is 13.9. The molecule has 2 aromatic rings. The summed E-state index contributed by atoms with van der Waals surface area (Å²) in [6.45, 7) is 4.11. The van der Waals surface area contributed by atoms with Crippen molar-refractivity contribution in [3.05, 3.63) is 39.8 Å². The average Bonchev–Trinajstić information content (AvgIpc) is 2.86. The molecule has 0 aliphatic heterocycles. The minimum absolute atomic E-state index is 0.317. The largest absolute Gasteiger partial charge is 0.382 e. The van der Waals surface area contributed by atoms with Crippen molar-refractivity contribution in [2.24, 2.45) is 0 Å². The third-order valence-electron chi connectivity index (χ3n) is 2.82. The van der Waals surface area contributed by atoms with Crippen molar-refractivity contribution in [2.75, 3.05) is 25.1 Å². The van der Waals surface area contributed by atoms with Crippen molar-refractivity contribution in [1.82, 2.24) is 9.55 Å². The number of anilines is 1. The second-order valence-corrected chi connectivity index (χ2v) is 5.58. The van der Waals surface area contributed by atoms with Gasteiger partial charge in [-0.25, -0.2) is 9.37 Å². The summed E-state index contributed by atoms with van der Waals surface area (Å²) in [5.41, 5.74) is 0.655. The van der Waals surface area contributed by atoms with Crippen molar-refractivity contribution < 1.29 is 9.13 Å². The van der Waals surface area contributed by atoms with E-state index in [4.69, 9.17) is 16.3 Å². The third kappa shape index (κ3) is 4.18. The van der Waals surface area contributed by atoms with E-state index in [1.807, 2.05) is 6.92 Å². The highest BCUT2D eigenvalue weighted by Gasteiger charge is 2.13. The molecule has 0 saturated heterocycles. The van der Waals surface area contributed by atoms with Gasteiger partial charge in [0.2, 0.25) is 5.95 Å². The van der Waals surface area contributed by atoms with Gasteiger partial charge in [-0.05, 0) is 41.4 Å². The normalized spacial score (nSPS) is 10.9. The van der Waals surface area contributed by atoms with Gasteiger partial charge in [0.1, 0.15) is 5.82 Å². The van der Waals surface area contributed by atoms with Gasteiger partial charge in [0.05, 0.1) is 10.7 Å². The molecule has 0 amide bonds. The van der Waals surface area contributed by atoms with E-state index < -0.39 is 0 Å². The third-order valence-corrected chi connectivity index (χ3v) is 3.71. The zero-order valence-electron chi connectivity index (χ0n) is 11.6. The Balaban J connectivity index is 2.13. The minimum atomic E-state index is -0.387. The van der Waals surface area contributed by atoms with Crippen molar-refractivity contribution in [3.8, 4) is 5.69 Å². The van der Waals surface area contributed by atoms with E-state index in [0.717, 1.165) is 13.0 Å². The minimum Gasteiger partial charge on any atom is -0.382 e. The van der Waals surface area contributed by atoms with Gasteiger partial charge in [0, 0.05) is 36.6 Å². The number of hydrogen-bond donors (Lipinski definition) is 1. The second-order valence-electron chi connectivity index (χ2n) is 4.32. The summed E-state index contributed by atoms with van der Waals surface area (Å²) in [6.07, 6.45) is 4.31. The Bertz CT molecular complexity index is 583. The van der Waals surface area contributed by atoms with Crippen molar-refractivity contribution in [2.45, 2.75) is 13.3 Å². The molecule has 1 N–H and O–H groups in total. The van der Waals surface area contributed by atoms with Gasteiger partial charge in [-0.1, -0.05) is 11.6 Å². The van der Waals surface area contributed by atoms with E-state index in [-0.39, 0.29) is 5.82 Å². The number of rotatable bonds is 7. The molecule has 0 radical (unpaired) electrons. The summed E-state index contributed by atoms with van der Waals surface area (Å²) in [5, 5.41) is 3.54. The van der Waals surface area contributed by atoms with Crippen LogP contribution in [0.25, 0.3) is 5.69 Å². The Kier molecular flexibility index (Phi) is 6.02. The molecule has 2 rings (SSSR count). The molecule has 114 valence electrons. The van der Waals surface area contributed by atoms with Crippen molar-refractivity contribution in [1.29, 1.82) is 0 Å². The van der Waals surface area contributed by atoms with E-state index in [0.29, 0.717) is 34.3 Å². The first-order chi connectivity index (χ1) is 10.1. The van der Waals surface area contributed by atoms with Crippen molar-refractivity contribution in [3.63, 3.8) is 0 Å². The molecule has 0 fully saturated rings. The monoisotopic (exact) mass is 375 g/mol. The van der Waals surface area contributed by atoms with Gasteiger partial charge in [0.25, 0.3) is 0 Å². The fraction of sp³-hybridized carbons (Fsp3) is 0.357. The lowest BCUT2D eigenvalue weighted by atomic mass is 10.3. The van der Waals surface area contributed by atoms with Gasteiger partial charge < -0.3 is 10.1 Å². The summed E-state index contributed by atoms with van der Waals surface area (Å²) < 4.78 is 20.9. The molecule has 0 atom stereocenters. The molecule has 0 aliphatic carbocycles. The quantitative estimate of drug-likeness (QED) is 0.734. The Labute approximate surface area is 136 Å². The van der Waals surface area contributed by atoms with Crippen LogP contribution in [0.2, 0.25) is 5.02 Å². The maximum absolute atomic E-state index is 13.3. The fourth-order valence-corrected chi connectivity index (χ4v) is 2.93. The van der Waals surface area contributed by atoms with E-state index in [1.54, 1.807) is 17.0 Å². The molecular formula is C14H16BrClFN3O. The predicted molar refractivity (Wildman–Crippen MR) is 85.8 cm³/mol. The number of aromatic nitrogens is 2. The lowest BCUT2D eigenvalue weighted by Gasteiger charge is -2.13. The van der Waals surface area contributed by atoms with Crippen LogP contribution in [0.1, 0.15) is 13.3 Å². The molecule has 0 aliphatic rings. The van der Waals surface area contributed by atoms with E-state index in [2.05, 4.69) is 26.2 Å². The van der Waals surface area contributed by atoms with Gasteiger partial charge in [-0.2, -0.15) is 0 Å². The first-order valence-corrected chi connectivity index (χ1v) is 7.80. The topological polar surface area (TPSA) is 39.1 Å². The van der Waals surface area contributed by atoms with Crippen LogP contribution < -0.4 is 5.32 Å². The number of ether oxygens (including phenoxy) is 1. The van der Waals surface area contributed by atoms with Gasteiger partial charge in [0.15, 0.2) is 0 Å². The molecule has 21 heavy (non-hydrogen) atoms.